The molecule has 2 rings (SSSR count). The third-order valence-electron chi connectivity index (χ3n) is 1.70. The topological polar surface area (TPSA) is 50.7 Å². The lowest BCUT2D eigenvalue weighted by molar-refractivity contribution is 0.779. The Kier molecular flexibility index (Phi) is 3.18. The number of hydrogen-bond acceptors (Lipinski definition) is 6. The molecule has 0 atom stereocenters. The summed E-state index contributed by atoms with van der Waals surface area (Å²) in [4.78, 5) is 5.11. The summed E-state index contributed by atoms with van der Waals surface area (Å²) in [6.45, 7) is 0.942. The number of rotatable bonds is 4. The molecular formula is C8H10N4S2. The fraction of sp³-hybridized carbons (Fsp3) is 0.375. The van der Waals surface area contributed by atoms with Crippen LogP contribution in [0.5, 0.6) is 0 Å². The molecular weight excluding hydrogens is 216 g/mol. The minimum absolute atomic E-state index is 0.937. The van der Waals surface area contributed by atoms with Crippen LogP contribution in [0.15, 0.2) is 11.7 Å². The van der Waals surface area contributed by atoms with Crippen molar-refractivity contribution in [3.05, 3.63) is 16.7 Å². The minimum atomic E-state index is 0.937. The summed E-state index contributed by atoms with van der Waals surface area (Å²) < 4.78 is 0. The Morgan fingerprint density at radius 1 is 1.43 bits per heavy atom. The second-order valence-electron chi connectivity index (χ2n) is 2.72. The van der Waals surface area contributed by atoms with E-state index in [9.17, 15) is 0 Å². The van der Waals surface area contributed by atoms with E-state index in [0.29, 0.717) is 0 Å². The van der Waals surface area contributed by atoms with Crippen molar-refractivity contribution < 1.29 is 0 Å². The van der Waals surface area contributed by atoms with Gasteiger partial charge in [0, 0.05) is 19.2 Å². The average Bonchev–Trinajstić information content (AvgIpc) is 2.85. The maximum atomic E-state index is 4.12. The first-order valence-corrected chi connectivity index (χ1v) is 5.95. The van der Waals surface area contributed by atoms with E-state index < -0.39 is 0 Å². The van der Waals surface area contributed by atoms with Gasteiger partial charge in [0.25, 0.3) is 0 Å². The first kappa shape index (κ1) is 9.70. The van der Waals surface area contributed by atoms with Crippen molar-refractivity contribution in [2.75, 3.05) is 13.6 Å². The van der Waals surface area contributed by atoms with E-state index in [-0.39, 0.29) is 0 Å². The molecule has 0 aliphatic heterocycles. The maximum absolute atomic E-state index is 4.12. The first-order chi connectivity index (χ1) is 6.90. The molecule has 2 aromatic heterocycles. The van der Waals surface area contributed by atoms with Crippen LogP contribution in [0.3, 0.4) is 0 Å². The smallest absolute Gasteiger partial charge is 0.159 e. The molecule has 0 radical (unpaired) electrons. The second-order valence-corrected chi connectivity index (χ2v) is 4.67. The van der Waals surface area contributed by atoms with Gasteiger partial charge in [0.2, 0.25) is 0 Å². The van der Waals surface area contributed by atoms with Gasteiger partial charge in [-0.15, -0.1) is 21.5 Å². The Hall–Kier alpha value is -0.850. The van der Waals surface area contributed by atoms with Crippen molar-refractivity contribution in [3.63, 3.8) is 0 Å². The molecule has 0 saturated heterocycles. The summed E-state index contributed by atoms with van der Waals surface area (Å²) in [7, 11) is 1.94. The lowest BCUT2D eigenvalue weighted by Gasteiger charge is -1.91. The molecule has 0 unspecified atom stereocenters. The van der Waals surface area contributed by atoms with Crippen LogP contribution in [-0.2, 0) is 6.42 Å². The highest BCUT2D eigenvalue weighted by atomic mass is 32.1. The monoisotopic (exact) mass is 226 g/mol. The van der Waals surface area contributed by atoms with Gasteiger partial charge >= 0.3 is 0 Å². The quantitative estimate of drug-likeness (QED) is 0.856. The van der Waals surface area contributed by atoms with Crippen molar-refractivity contribution in [1.82, 2.24) is 20.5 Å². The Bertz CT molecular complexity index is 382. The fourth-order valence-corrected chi connectivity index (χ4v) is 2.52. The Morgan fingerprint density at radius 2 is 2.36 bits per heavy atom. The van der Waals surface area contributed by atoms with Gasteiger partial charge in [-0.3, -0.25) is 4.98 Å². The van der Waals surface area contributed by atoms with E-state index in [1.807, 2.05) is 18.8 Å². The zero-order valence-electron chi connectivity index (χ0n) is 7.73. The third kappa shape index (κ3) is 2.14. The van der Waals surface area contributed by atoms with E-state index in [1.165, 1.54) is 0 Å². The zero-order chi connectivity index (χ0) is 9.80. The van der Waals surface area contributed by atoms with Crippen molar-refractivity contribution in [3.8, 4) is 9.88 Å². The number of nitrogens with one attached hydrogen (secondary N) is 1. The van der Waals surface area contributed by atoms with Crippen LogP contribution in [0, 0.1) is 0 Å². The van der Waals surface area contributed by atoms with Gasteiger partial charge in [-0.1, -0.05) is 11.3 Å². The van der Waals surface area contributed by atoms with Crippen LogP contribution in [-0.4, -0.2) is 28.8 Å². The van der Waals surface area contributed by atoms with Crippen molar-refractivity contribution in [2.24, 2.45) is 0 Å². The average molecular weight is 226 g/mol. The highest BCUT2D eigenvalue weighted by molar-refractivity contribution is 7.20. The molecule has 0 aliphatic carbocycles. The Labute approximate surface area is 90.0 Å². The molecule has 0 spiro atoms. The minimum Gasteiger partial charge on any atom is -0.319 e. The molecule has 4 nitrogen and oxygen atoms in total. The van der Waals surface area contributed by atoms with Gasteiger partial charge in [0.15, 0.2) is 5.01 Å². The van der Waals surface area contributed by atoms with E-state index >= 15 is 0 Å². The molecule has 0 aliphatic rings. The highest BCUT2D eigenvalue weighted by Gasteiger charge is 2.06. The van der Waals surface area contributed by atoms with Crippen molar-refractivity contribution >= 4 is 22.7 Å². The zero-order valence-corrected chi connectivity index (χ0v) is 9.36. The standard InChI is InChI=1S/C8H10N4S2/c1-9-3-2-7-11-12-8(14-7)6-4-10-5-13-6/h4-5,9H,2-3H2,1H3. The molecule has 0 fully saturated rings. The predicted octanol–water partition coefficient (Wildman–Crippen LogP) is 1.42. The molecule has 1 N–H and O–H groups in total. The predicted molar refractivity (Wildman–Crippen MR) is 58.6 cm³/mol. The summed E-state index contributed by atoms with van der Waals surface area (Å²) in [6.07, 6.45) is 2.76. The molecule has 14 heavy (non-hydrogen) atoms. The van der Waals surface area contributed by atoms with E-state index in [1.54, 1.807) is 22.7 Å². The molecule has 0 aromatic carbocycles. The maximum Gasteiger partial charge on any atom is 0.159 e. The van der Waals surface area contributed by atoms with Crippen LogP contribution < -0.4 is 5.32 Å². The van der Waals surface area contributed by atoms with Crippen LogP contribution in [0.1, 0.15) is 5.01 Å². The molecule has 6 heteroatoms. The van der Waals surface area contributed by atoms with E-state index in [4.69, 9.17) is 0 Å². The summed E-state index contributed by atoms with van der Waals surface area (Å²) in [5.74, 6) is 0. The summed E-state index contributed by atoms with van der Waals surface area (Å²) >= 11 is 3.23. The van der Waals surface area contributed by atoms with Gasteiger partial charge < -0.3 is 5.32 Å². The van der Waals surface area contributed by atoms with Crippen LogP contribution in [0.2, 0.25) is 0 Å². The molecule has 2 heterocycles. The Balaban J connectivity index is 2.10. The van der Waals surface area contributed by atoms with Gasteiger partial charge in [-0.2, -0.15) is 0 Å². The van der Waals surface area contributed by atoms with Gasteiger partial charge in [0.1, 0.15) is 5.01 Å². The molecule has 0 saturated carbocycles. The lowest BCUT2D eigenvalue weighted by Crippen LogP contribution is -2.09. The van der Waals surface area contributed by atoms with Gasteiger partial charge in [-0.05, 0) is 7.05 Å². The lowest BCUT2D eigenvalue weighted by atomic mass is 10.4. The number of likely N-dealkylation sites (N-methyl/N-ethyl adjacent to an activating group) is 1. The van der Waals surface area contributed by atoms with Crippen molar-refractivity contribution in [2.45, 2.75) is 6.42 Å². The van der Waals surface area contributed by atoms with Crippen LogP contribution in [0.25, 0.3) is 9.88 Å². The molecule has 0 amide bonds. The summed E-state index contributed by atoms with van der Waals surface area (Å²) in [5, 5.41) is 13.4. The molecule has 0 bridgehead atoms. The largest absolute Gasteiger partial charge is 0.319 e. The molecule has 2 aromatic rings. The Morgan fingerprint density at radius 3 is 3.07 bits per heavy atom. The number of hydrogen-bond donors (Lipinski definition) is 1. The normalized spacial score (nSPS) is 10.6. The van der Waals surface area contributed by atoms with Crippen LogP contribution >= 0.6 is 22.7 Å². The molecule has 74 valence electrons. The summed E-state index contributed by atoms with van der Waals surface area (Å²) in [6, 6.07) is 0. The van der Waals surface area contributed by atoms with Crippen molar-refractivity contribution in [1.29, 1.82) is 0 Å². The number of thiazole rings is 1. The van der Waals surface area contributed by atoms with E-state index in [2.05, 4.69) is 20.5 Å². The van der Waals surface area contributed by atoms with Gasteiger partial charge in [-0.25, -0.2) is 0 Å². The van der Waals surface area contributed by atoms with E-state index in [0.717, 1.165) is 27.9 Å². The third-order valence-corrected chi connectivity index (χ3v) is 3.62. The first-order valence-electron chi connectivity index (χ1n) is 4.26. The second kappa shape index (κ2) is 4.59. The fourth-order valence-electron chi connectivity index (χ4n) is 1.01. The number of aromatic nitrogens is 3. The number of nitrogens with zero attached hydrogens (tertiary/aromatic N) is 3. The summed E-state index contributed by atoms with van der Waals surface area (Å²) in [5.41, 5.74) is 1.81. The highest BCUT2D eigenvalue weighted by Crippen LogP contribution is 2.26. The van der Waals surface area contributed by atoms with Crippen LogP contribution in [0.4, 0.5) is 0 Å². The SMILES string of the molecule is CNCCc1nnc(-c2cncs2)s1. The van der Waals surface area contributed by atoms with Gasteiger partial charge in [0.05, 0.1) is 10.4 Å².